The number of hydrogen-bond donors (Lipinski definition) is 0. The zero-order valence-corrected chi connectivity index (χ0v) is 12.0. The van der Waals surface area contributed by atoms with E-state index in [4.69, 9.17) is 0 Å². The summed E-state index contributed by atoms with van der Waals surface area (Å²) in [5, 5.41) is 4.42. The number of para-hydroxylation sites is 1. The van der Waals surface area contributed by atoms with E-state index in [-0.39, 0.29) is 5.78 Å². The summed E-state index contributed by atoms with van der Waals surface area (Å²) in [6, 6.07) is 16.7. The molecule has 2 aromatic carbocycles. The largest absolute Gasteiger partial charge is 0.294 e. The van der Waals surface area contributed by atoms with Gasteiger partial charge in [0.05, 0.1) is 17.5 Å². The summed E-state index contributed by atoms with van der Waals surface area (Å²) < 4.78 is 0. The van der Waals surface area contributed by atoms with E-state index in [9.17, 15) is 9.70 Å². The maximum absolute atomic E-state index is 12.2. The second kappa shape index (κ2) is 7.33. The molecular formula is C17H18N2O2. The van der Waals surface area contributed by atoms with Crippen molar-refractivity contribution in [1.82, 2.24) is 0 Å². The van der Waals surface area contributed by atoms with Crippen LogP contribution >= 0.6 is 0 Å². The molecule has 0 saturated carbocycles. The third-order valence-corrected chi connectivity index (χ3v) is 3.23. The number of benzene rings is 2. The van der Waals surface area contributed by atoms with Crippen molar-refractivity contribution >= 4 is 11.5 Å². The first-order valence-corrected chi connectivity index (χ1v) is 7.03. The van der Waals surface area contributed by atoms with Crippen molar-refractivity contribution in [3.63, 3.8) is 0 Å². The number of nitrogens with zero attached hydrogens (tertiary/aromatic N) is 2. The van der Waals surface area contributed by atoms with E-state index in [1.807, 2.05) is 37.3 Å². The Hall–Kier alpha value is -2.49. The Bertz CT molecular complexity index is 611. The van der Waals surface area contributed by atoms with Gasteiger partial charge in [0.2, 0.25) is 0 Å². The summed E-state index contributed by atoms with van der Waals surface area (Å²) in [5.74, 6) is 0.0369. The number of rotatable bonds is 7. The van der Waals surface area contributed by atoms with Crippen LogP contribution in [0, 0.1) is 4.91 Å². The minimum Gasteiger partial charge on any atom is -0.294 e. The molecule has 0 fully saturated rings. The third-order valence-electron chi connectivity index (χ3n) is 3.23. The lowest BCUT2D eigenvalue weighted by atomic mass is 10.0. The van der Waals surface area contributed by atoms with Gasteiger partial charge in [0.1, 0.15) is 0 Å². The fourth-order valence-electron chi connectivity index (χ4n) is 2.21. The molecule has 4 heteroatoms. The number of ketones is 1. The molecule has 0 radical (unpaired) electrons. The molecule has 0 atom stereocenters. The Morgan fingerprint density at radius 2 is 1.71 bits per heavy atom. The van der Waals surface area contributed by atoms with E-state index in [0.29, 0.717) is 24.2 Å². The van der Waals surface area contributed by atoms with Crippen molar-refractivity contribution in [3.8, 4) is 0 Å². The number of carbonyl (C=O) groups excluding carboxylic acids is 1. The van der Waals surface area contributed by atoms with E-state index in [0.717, 1.165) is 12.0 Å². The lowest BCUT2D eigenvalue weighted by molar-refractivity contribution is 0.0982. The zero-order valence-electron chi connectivity index (χ0n) is 12.0. The molecular weight excluding hydrogens is 264 g/mol. The van der Waals surface area contributed by atoms with E-state index in [1.54, 1.807) is 24.3 Å². The summed E-state index contributed by atoms with van der Waals surface area (Å²) in [4.78, 5) is 23.4. The van der Waals surface area contributed by atoms with Gasteiger partial charge >= 0.3 is 0 Å². The second-order valence-corrected chi connectivity index (χ2v) is 4.82. The number of Topliss-reactive ketones (excluding diaryl/α,β-unsaturated/α-hetero) is 1. The van der Waals surface area contributed by atoms with Crippen molar-refractivity contribution < 1.29 is 4.79 Å². The van der Waals surface area contributed by atoms with Crippen molar-refractivity contribution in [2.24, 2.45) is 5.29 Å². The highest BCUT2D eigenvalue weighted by atomic mass is 16.3. The highest BCUT2D eigenvalue weighted by Crippen LogP contribution is 2.24. The first-order chi connectivity index (χ1) is 10.3. The van der Waals surface area contributed by atoms with Crippen LogP contribution in [0.5, 0.6) is 0 Å². The average molecular weight is 282 g/mol. The SMILES string of the molecule is CCCC(=O)c1ccccc1N(Cc1ccccc1)N=O. The number of nitroso groups, excluding NO2 is 1. The molecule has 0 spiro atoms. The molecule has 21 heavy (non-hydrogen) atoms. The van der Waals surface area contributed by atoms with Crippen LogP contribution in [0.4, 0.5) is 5.69 Å². The Balaban J connectivity index is 2.30. The molecule has 0 unspecified atom stereocenters. The molecule has 0 aliphatic carbocycles. The van der Waals surface area contributed by atoms with Gasteiger partial charge in [-0.05, 0) is 24.1 Å². The first-order valence-electron chi connectivity index (χ1n) is 7.03. The predicted octanol–water partition coefficient (Wildman–Crippen LogP) is 4.36. The van der Waals surface area contributed by atoms with Gasteiger partial charge in [-0.2, -0.15) is 0 Å². The van der Waals surface area contributed by atoms with Crippen LogP contribution in [0.1, 0.15) is 35.7 Å². The van der Waals surface area contributed by atoms with Crippen molar-refractivity contribution in [2.75, 3.05) is 5.01 Å². The highest BCUT2D eigenvalue weighted by Gasteiger charge is 2.16. The smallest absolute Gasteiger partial charge is 0.165 e. The Morgan fingerprint density at radius 3 is 2.38 bits per heavy atom. The van der Waals surface area contributed by atoms with Crippen molar-refractivity contribution in [3.05, 3.63) is 70.6 Å². The Labute approximate surface area is 124 Å². The monoisotopic (exact) mass is 282 g/mol. The van der Waals surface area contributed by atoms with Crippen molar-refractivity contribution in [2.45, 2.75) is 26.3 Å². The van der Waals surface area contributed by atoms with Gasteiger partial charge in [-0.25, -0.2) is 5.01 Å². The average Bonchev–Trinajstić information content (AvgIpc) is 2.54. The van der Waals surface area contributed by atoms with E-state index in [1.165, 1.54) is 5.01 Å². The van der Waals surface area contributed by atoms with E-state index in [2.05, 4.69) is 5.29 Å². The molecule has 0 saturated heterocycles. The first kappa shape index (κ1) is 14.9. The fraction of sp³-hybridized carbons (Fsp3) is 0.235. The lowest BCUT2D eigenvalue weighted by Gasteiger charge is -2.18. The highest BCUT2D eigenvalue weighted by molar-refractivity contribution is 6.01. The Kier molecular flexibility index (Phi) is 5.21. The molecule has 2 rings (SSSR count). The molecule has 0 heterocycles. The number of anilines is 1. The van der Waals surface area contributed by atoms with Gasteiger partial charge in [-0.3, -0.25) is 4.79 Å². The summed E-state index contributed by atoms with van der Waals surface area (Å²) in [7, 11) is 0. The van der Waals surface area contributed by atoms with Crippen LogP contribution in [0.15, 0.2) is 59.9 Å². The molecule has 0 aliphatic heterocycles. The summed E-state index contributed by atoms with van der Waals surface area (Å²) >= 11 is 0. The van der Waals surface area contributed by atoms with Crippen molar-refractivity contribution in [1.29, 1.82) is 0 Å². The lowest BCUT2D eigenvalue weighted by Crippen LogP contribution is -2.18. The molecule has 0 amide bonds. The maximum atomic E-state index is 12.2. The minimum atomic E-state index is 0.0369. The van der Waals surface area contributed by atoms with Crippen LogP contribution in [0.25, 0.3) is 0 Å². The minimum absolute atomic E-state index is 0.0369. The molecule has 0 bridgehead atoms. The molecule has 108 valence electrons. The number of hydrogen-bond acceptors (Lipinski definition) is 3. The van der Waals surface area contributed by atoms with E-state index >= 15 is 0 Å². The standard InChI is InChI=1S/C17H18N2O2/c1-2-8-17(20)15-11-6-7-12-16(15)19(18-21)13-14-9-4-3-5-10-14/h3-7,9-12H,2,8,13H2,1H3. The quantitative estimate of drug-likeness (QED) is 0.431. The molecule has 0 aromatic heterocycles. The Morgan fingerprint density at radius 1 is 1.05 bits per heavy atom. The molecule has 0 aliphatic rings. The summed E-state index contributed by atoms with van der Waals surface area (Å²) in [5.41, 5.74) is 2.08. The molecule has 2 aromatic rings. The summed E-state index contributed by atoms with van der Waals surface area (Å²) in [6.45, 7) is 2.31. The van der Waals surface area contributed by atoms with Gasteiger partial charge in [-0.1, -0.05) is 49.4 Å². The van der Waals surface area contributed by atoms with Gasteiger partial charge < -0.3 is 0 Å². The fourth-order valence-corrected chi connectivity index (χ4v) is 2.21. The van der Waals surface area contributed by atoms with Crippen LogP contribution in [0.3, 0.4) is 0 Å². The van der Waals surface area contributed by atoms with Gasteiger partial charge in [0, 0.05) is 12.0 Å². The van der Waals surface area contributed by atoms with E-state index < -0.39 is 0 Å². The van der Waals surface area contributed by atoms with Crippen LogP contribution in [0.2, 0.25) is 0 Å². The van der Waals surface area contributed by atoms with Crippen LogP contribution in [-0.2, 0) is 6.54 Å². The third kappa shape index (κ3) is 3.75. The van der Waals surface area contributed by atoms with Crippen LogP contribution in [-0.4, -0.2) is 5.78 Å². The second-order valence-electron chi connectivity index (χ2n) is 4.82. The normalized spacial score (nSPS) is 10.1. The van der Waals surface area contributed by atoms with Gasteiger partial charge in [0.25, 0.3) is 0 Å². The predicted molar refractivity (Wildman–Crippen MR) is 84.1 cm³/mol. The van der Waals surface area contributed by atoms with Gasteiger partial charge in [-0.15, -0.1) is 4.91 Å². The van der Waals surface area contributed by atoms with Crippen LogP contribution < -0.4 is 5.01 Å². The van der Waals surface area contributed by atoms with Gasteiger partial charge in [0.15, 0.2) is 5.78 Å². The number of carbonyl (C=O) groups is 1. The molecule has 0 N–H and O–H groups in total. The summed E-state index contributed by atoms with van der Waals surface area (Å²) in [6.07, 6.45) is 1.25. The zero-order chi connectivity index (χ0) is 15.1. The maximum Gasteiger partial charge on any atom is 0.165 e. The molecule has 4 nitrogen and oxygen atoms in total. The topological polar surface area (TPSA) is 49.7 Å².